The number of benzene rings is 1. The summed E-state index contributed by atoms with van der Waals surface area (Å²) in [5.41, 5.74) is 3.02. The van der Waals surface area contributed by atoms with Crippen LogP contribution in [0.3, 0.4) is 0 Å². The molecule has 26 heavy (non-hydrogen) atoms. The molecular formula is C21H31N3O2. The van der Waals surface area contributed by atoms with Gasteiger partial charge in [-0.05, 0) is 43.4 Å². The van der Waals surface area contributed by atoms with Crippen LogP contribution in [0.15, 0.2) is 24.3 Å². The maximum atomic E-state index is 12.4. The van der Waals surface area contributed by atoms with Crippen molar-refractivity contribution < 1.29 is 9.53 Å². The number of nitrogens with zero attached hydrogens (tertiary/aromatic N) is 2. The Balaban J connectivity index is 1.23. The van der Waals surface area contributed by atoms with Crippen molar-refractivity contribution >= 4 is 5.91 Å². The van der Waals surface area contributed by atoms with Crippen LogP contribution < -0.4 is 5.32 Å². The molecule has 3 aliphatic rings. The number of carbonyl (C=O) groups excluding carboxylic acids is 1. The lowest BCUT2D eigenvalue weighted by atomic mass is 10.0. The van der Waals surface area contributed by atoms with Crippen LogP contribution in [0.5, 0.6) is 0 Å². The van der Waals surface area contributed by atoms with Gasteiger partial charge >= 0.3 is 0 Å². The third-order valence-corrected chi connectivity index (χ3v) is 6.12. The van der Waals surface area contributed by atoms with E-state index < -0.39 is 0 Å². The third kappa shape index (κ3) is 4.45. The summed E-state index contributed by atoms with van der Waals surface area (Å²) >= 11 is 0. The van der Waals surface area contributed by atoms with Crippen LogP contribution in [0.2, 0.25) is 0 Å². The molecule has 0 aromatic heterocycles. The van der Waals surface area contributed by atoms with Gasteiger partial charge in [0.1, 0.15) is 0 Å². The Hall–Kier alpha value is -1.43. The molecule has 142 valence electrons. The molecule has 4 rings (SSSR count). The lowest BCUT2D eigenvalue weighted by molar-refractivity contribution is -0.122. The van der Waals surface area contributed by atoms with E-state index in [1.807, 2.05) is 0 Å². The number of rotatable bonds is 5. The number of morpholine rings is 1. The first-order chi connectivity index (χ1) is 12.8. The van der Waals surface area contributed by atoms with Crippen LogP contribution >= 0.6 is 0 Å². The normalized spacial score (nSPS) is 25.2. The van der Waals surface area contributed by atoms with E-state index in [0.29, 0.717) is 18.5 Å². The summed E-state index contributed by atoms with van der Waals surface area (Å²) in [4.78, 5) is 17.3. The van der Waals surface area contributed by atoms with E-state index >= 15 is 0 Å². The predicted molar refractivity (Wildman–Crippen MR) is 102 cm³/mol. The van der Waals surface area contributed by atoms with Gasteiger partial charge < -0.3 is 10.1 Å². The highest BCUT2D eigenvalue weighted by Gasteiger charge is 2.30. The van der Waals surface area contributed by atoms with Gasteiger partial charge in [-0.25, -0.2) is 0 Å². The fourth-order valence-electron chi connectivity index (χ4n) is 4.63. The smallest absolute Gasteiger partial charge is 0.221 e. The molecule has 1 N–H and O–H groups in total. The third-order valence-electron chi connectivity index (χ3n) is 6.12. The van der Waals surface area contributed by atoms with Gasteiger partial charge in [-0.15, -0.1) is 0 Å². The monoisotopic (exact) mass is 357 g/mol. The summed E-state index contributed by atoms with van der Waals surface area (Å²) in [6.07, 6.45) is 5.22. The van der Waals surface area contributed by atoms with Gasteiger partial charge in [0.15, 0.2) is 0 Å². The highest BCUT2D eigenvalue weighted by atomic mass is 16.5. The molecule has 1 unspecified atom stereocenters. The van der Waals surface area contributed by atoms with E-state index in [-0.39, 0.29) is 5.91 Å². The highest BCUT2D eigenvalue weighted by Crippen LogP contribution is 2.27. The van der Waals surface area contributed by atoms with Crippen LogP contribution in [0.25, 0.3) is 0 Å². The molecule has 5 nitrogen and oxygen atoms in total. The number of ether oxygens (including phenoxy) is 1. The van der Waals surface area contributed by atoms with Gasteiger partial charge in [0.25, 0.3) is 0 Å². The lowest BCUT2D eigenvalue weighted by Crippen LogP contribution is -2.51. The van der Waals surface area contributed by atoms with Crippen molar-refractivity contribution in [2.24, 2.45) is 0 Å². The van der Waals surface area contributed by atoms with Gasteiger partial charge in [-0.1, -0.05) is 24.3 Å². The van der Waals surface area contributed by atoms with E-state index in [9.17, 15) is 4.79 Å². The quantitative estimate of drug-likeness (QED) is 0.867. The molecule has 2 saturated heterocycles. The zero-order valence-corrected chi connectivity index (χ0v) is 15.7. The summed E-state index contributed by atoms with van der Waals surface area (Å²) in [6.45, 7) is 6.51. The molecule has 2 fully saturated rings. The SMILES string of the molecule is O=C(CCN1CCOCC1)NC1CCCN(C2Cc3ccccc3C2)C1. The zero-order valence-electron chi connectivity index (χ0n) is 15.7. The highest BCUT2D eigenvalue weighted by molar-refractivity contribution is 5.76. The average molecular weight is 357 g/mol. The van der Waals surface area contributed by atoms with Crippen LogP contribution in [-0.4, -0.2) is 73.7 Å². The van der Waals surface area contributed by atoms with E-state index in [4.69, 9.17) is 4.74 Å². The van der Waals surface area contributed by atoms with Gasteiger partial charge in [-0.2, -0.15) is 0 Å². The first kappa shape index (κ1) is 18.0. The van der Waals surface area contributed by atoms with Gasteiger partial charge in [0, 0.05) is 44.7 Å². The van der Waals surface area contributed by atoms with Crippen LogP contribution in [0.1, 0.15) is 30.4 Å². The number of nitrogens with one attached hydrogen (secondary N) is 1. The summed E-state index contributed by atoms with van der Waals surface area (Å²) < 4.78 is 5.36. The number of carbonyl (C=O) groups is 1. The number of hydrogen-bond donors (Lipinski definition) is 1. The van der Waals surface area contributed by atoms with Crippen LogP contribution in [0.4, 0.5) is 0 Å². The molecule has 1 aromatic rings. The molecule has 1 atom stereocenters. The van der Waals surface area contributed by atoms with E-state index in [2.05, 4.69) is 39.4 Å². The van der Waals surface area contributed by atoms with Crippen molar-refractivity contribution in [2.45, 2.75) is 44.2 Å². The molecule has 1 aromatic carbocycles. The van der Waals surface area contributed by atoms with Crippen LogP contribution in [-0.2, 0) is 22.4 Å². The van der Waals surface area contributed by atoms with Crippen molar-refractivity contribution in [1.82, 2.24) is 15.1 Å². The van der Waals surface area contributed by atoms with Crippen molar-refractivity contribution in [1.29, 1.82) is 0 Å². The Kier molecular flexibility index (Phi) is 5.88. The molecule has 1 amide bonds. The summed E-state index contributed by atoms with van der Waals surface area (Å²) in [6, 6.07) is 9.75. The standard InChI is InChI=1S/C21H31N3O2/c25-21(7-9-23-10-12-26-13-11-23)22-19-6-3-8-24(16-19)20-14-17-4-1-2-5-18(17)15-20/h1-2,4-5,19-20H,3,6-16H2,(H,22,25). The summed E-state index contributed by atoms with van der Waals surface area (Å²) in [7, 11) is 0. The Morgan fingerprint density at radius 3 is 2.58 bits per heavy atom. The Labute approximate surface area is 156 Å². The topological polar surface area (TPSA) is 44.8 Å². The van der Waals surface area contributed by atoms with Gasteiger partial charge in [-0.3, -0.25) is 14.6 Å². The van der Waals surface area contributed by atoms with Gasteiger partial charge in [0.2, 0.25) is 5.91 Å². The number of likely N-dealkylation sites (tertiary alicyclic amines) is 1. The Bertz CT molecular complexity index is 590. The summed E-state index contributed by atoms with van der Waals surface area (Å²) in [5, 5.41) is 3.29. The molecule has 0 saturated carbocycles. The second-order valence-corrected chi connectivity index (χ2v) is 7.94. The maximum absolute atomic E-state index is 12.4. The first-order valence-corrected chi connectivity index (χ1v) is 10.2. The Morgan fingerprint density at radius 2 is 1.85 bits per heavy atom. The number of piperidine rings is 1. The second kappa shape index (κ2) is 8.51. The molecule has 5 heteroatoms. The van der Waals surface area contributed by atoms with Crippen molar-refractivity contribution in [2.75, 3.05) is 45.9 Å². The van der Waals surface area contributed by atoms with Gasteiger partial charge in [0.05, 0.1) is 13.2 Å². The molecular weight excluding hydrogens is 326 g/mol. The molecule has 0 bridgehead atoms. The van der Waals surface area contributed by atoms with Crippen molar-refractivity contribution in [3.8, 4) is 0 Å². The van der Waals surface area contributed by atoms with E-state index in [0.717, 1.165) is 58.7 Å². The molecule has 2 heterocycles. The number of amides is 1. The predicted octanol–water partition coefficient (Wildman–Crippen LogP) is 1.46. The number of fused-ring (bicyclic) bond motifs is 1. The molecule has 0 radical (unpaired) electrons. The fourth-order valence-corrected chi connectivity index (χ4v) is 4.63. The Morgan fingerprint density at radius 1 is 1.12 bits per heavy atom. The first-order valence-electron chi connectivity index (χ1n) is 10.2. The molecule has 2 aliphatic heterocycles. The minimum atomic E-state index is 0.207. The largest absolute Gasteiger partial charge is 0.379 e. The van der Waals surface area contributed by atoms with Crippen LogP contribution in [0, 0.1) is 0 Å². The molecule has 1 aliphatic carbocycles. The van der Waals surface area contributed by atoms with Crippen molar-refractivity contribution in [3.05, 3.63) is 35.4 Å². The maximum Gasteiger partial charge on any atom is 0.221 e. The minimum absolute atomic E-state index is 0.207. The van der Waals surface area contributed by atoms with Crippen molar-refractivity contribution in [3.63, 3.8) is 0 Å². The average Bonchev–Trinajstić information content (AvgIpc) is 3.12. The minimum Gasteiger partial charge on any atom is -0.379 e. The van der Waals surface area contributed by atoms with E-state index in [1.54, 1.807) is 0 Å². The fraction of sp³-hybridized carbons (Fsp3) is 0.667. The second-order valence-electron chi connectivity index (χ2n) is 7.94. The lowest BCUT2D eigenvalue weighted by Gasteiger charge is -2.37. The molecule has 0 spiro atoms. The summed E-state index contributed by atoms with van der Waals surface area (Å²) in [5.74, 6) is 0.207. The van der Waals surface area contributed by atoms with E-state index in [1.165, 1.54) is 24.1 Å². The number of hydrogen-bond acceptors (Lipinski definition) is 4. The zero-order chi connectivity index (χ0) is 17.8.